The number of nitrogen functional groups attached to an aromatic ring is 1. The Labute approximate surface area is 101 Å². The van der Waals surface area contributed by atoms with Crippen LogP contribution >= 0.6 is 0 Å². The fourth-order valence-electron chi connectivity index (χ4n) is 1.79. The summed E-state index contributed by atoms with van der Waals surface area (Å²) >= 11 is 0. The molecule has 92 valence electrons. The highest BCUT2D eigenvalue weighted by Crippen LogP contribution is 2.12. The molecular formula is C10H11N7O. The third kappa shape index (κ3) is 1.39. The maximum absolute atomic E-state index is 11.5. The lowest BCUT2D eigenvalue weighted by Crippen LogP contribution is -2.14. The van der Waals surface area contributed by atoms with Crippen molar-refractivity contribution in [3.63, 3.8) is 0 Å². The average molecular weight is 245 g/mol. The summed E-state index contributed by atoms with van der Waals surface area (Å²) in [6, 6.07) is 1.66. The number of aromatic nitrogens is 6. The lowest BCUT2D eigenvalue weighted by molar-refractivity contribution is 0.821. The molecule has 0 radical (unpaired) electrons. The van der Waals surface area contributed by atoms with E-state index < -0.39 is 0 Å². The smallest absolute Gasteiger partial charge is 0.349 e. The number of anilines is 1. The largest absolute Gasteiger partial charge is 0.382 e. The fraction of sp³-hybridized carbons (Fsp3) is 0.200. The molecule has 0 aliphatic heterocycles. The Balaban J connectivity index is 2.27. The van der Waals surface area contributed by atoms with Gasteiger partial charge in [-0.1, -0.05) is 0 Å². The minimum Gasteiger partial charge on any atom is -0.382 e. The highest BCUT2D eigenvalue weighted by atomic mass is 16.1. The van der Waals surface area contributed by atoms with Gasteiger partial charge in [0.25, 0.3) is 0 Å². The van der Waals surface area contributed by atoms with Gasteiger partial charge in [0.05, 0.1) is 0 Å². The van der Waals surface area contributed by atoms with E-state index in [0.717, 1.165) is 5.56 Å². The second-order valence-corrected chi connectivity index (χ2v) is 4.03. The first kappa shape index (κ1) is 10.5. The zero-order valence-electron chi connectivity index (χ0n) is 9.88. The van der Waals surface area contributed by atoms with Crippen LogP contribution in [0.1, 0.15) is 11.4 Å². The molecule has 3 N–H and O–H groups in total. The first-order chi connectivity index (χ1) is 8.56. The molecule has 0 saturated carbocycles. The predicted molar refractivity (Wildman–Crippen MR) is 64.6 cm³/mol. The van der Waals surface area contributed by atoms with Gasteiger partial charge in [-0.05, 0) is 13.8 Å². The van der Waals surface area contributed by atoms with Crippen LogP contribution in [0.3, 0.4) is 0 Å². The number of aryl methyl sites for hydroxylation is 2. The van der Waals surface area contributed by atoms with Gasteiger partial charge >= 0.3 is 5.69 Å². The summed E-state index contributed by atoms with van der Waals surface area (Å²) in [5, 5.41) is 10.4. The minimum atomic E-state index is -0.308. The molecule has 8 heteroatoms. The maximum Gasteiger partial charge on any atom is 0.349 e. The van der Waals surface area contributed by atoms with Crippen molar-refractivity contribution in [2.45, 2.75) is 13.8 Å². The maximum atomic E-state index is 11.5. The van der Waals surface area contributed by atoms with Gasteiger partial charge in [-0.3, -0.25) is 0 Å². The molecule has 0 fully saturated rings. The molecule has 3 aromatic heterocycles. The Morgan fingerprint density at radius 3 is 2.83 bits per heavy atom. The van der Waals surface area contributed by atoms with Gasteiger partial charge in [0, 0.05) is 17.8 Å². The molecule has 0 saturated heterocycles. The van der Waals surface area contributed by atoms with Crippen LogP contribution in [0.2, 0.25) is 0 Å². The van der Waals surface area contributed by atoms with Crippen molar-refractivity contribution in [3.05, 3.63) is 34.1 Å². The molecule has 0 unspecified atom stereocenters. The SMILES string of the molecule is Cc1cn(-c2cc3n[nH]c(=O)n3c(C)n2)nc1N. The van der Waals surface area contributed by atoms with Gasteiger partial charge in [0.15, 0.2) is 11.5 Å². The van der Waals surface area contributed by atoms with Crippen LogP contribution in [0, 0.1) is 13.8 Å². The molecule has 0 aliphatic carbocycles. The normalized spacial score (nSPS) is 11.2. The number of nitrogens with two attached hydrogens (primary N) is 1. The Morgan fingerprint density at radius 1 is 1.39 bits per heavy atom. The van der Waals surface area contributed by atoms with Crippen LogP contribution in [0.4, 0.5) is 5.82 Å². The number of H-pyrrole nitrogens is 1. The summed E-state index contributed by atoms with van der Waals surface area (Å²) in [4.78, 5) is 15.8. The van der Waals surface area contributed by atoms with Gasteiger partial charge in [0.2, 0.25) is 0 Å². The fourth-order valence-corrected chi connectivity index (χ4v) is 1.79. The van der Waals surface area contributed by atoms with Crippen LogP contribution in [0.15, 0.2) is 17.1 Å². The number of nitrogens with one attached hydrogen (secondary N) is 1. The van der Waals surface area contributed by atoms with Crippen molar-refractivity contribution in [1.82, 2.24) is 29.4 Å². The molecule has 3 aromatic rings. The van der Waals surface area contributed by atoms with Crippen molar-refractivity contribution >= 4 is 11.5 Å². The van der Waals surface area contributed by atoms with E-state index in [1.165, 1.54) is 4.40 Å². The molecule has 3 heterocycles. The van der Waals surface area contributed by atoms with E-state index in [2.05, 4.69) is 20.3 Å². The zero-order valence-corrected chi connectivity index (χ0v) is 9.88. The highest BCUT2D eigenvalue weighted by Gasteiger charge is 2.10. The summed E-state index contributed by atoms with van der Waals surface area (Å²) in [6.07, 6.45) is 1.78. The van der Waals surface area contributed by atoms with Crippen molar-refractivity contribution in [2.24, 2.45) is 0 Å². The standard InChI is InChI=1S/C10H11N7O/c1-5-4-16(15-9(5)11)7-3-8-13-14-10(18)17(8)6(2)12-7/h3-4H,1-2H3,(H2,11,15)(H,14,18). The van der Waals surface area contributed by atoms with Crippen LogP contribution in [0.25, 0.3) is 11.5 Å². The van der Waals surface area contributed by atoms with Crippen LogP contribution in [-0.4, -0.2) is 29.4 Å². The van der Waals surface area contributed by atoms with Crippen molar-refractivity contribution in [3.8, 4) is 5.82 Å². The summed E-state index contributed by atoms with van der Waals surface area (Å²) in [7, 11) is 0. The minimum absolute atomic E-state index is 0.308. The second kappa shape index (κ2) is 3.42. The molecule has 0 amide bonds. The Bertz CT molecular complexity index is 775. The Morgan fingerprint density at radius 2 is 2.17 bits per heavy atom. The van der Waals surface area contributed by atoms with Gasteiger partial charge in [-0.2, -0.15) is 5.10 Å². The van der Waals surface area contributed by atoms with Crippen LogP contribution in [-0.2, 0) is 0 Å². The first-order valence-electron chi connectivity index (χ1n) is 5.33. The summed E-state index contributed by atoms with van der Waals surface area (Å²) in [5.41, 5.74) is 6.75. The van der Waals surface area contributed by atoms with Gasteiger partial charge in [0.1, 0.15) is 11.6 Å². The second-order valence-electron chi connectivity index (χ2n) is 4.03. The third-order valence-electron chi connectivity index (χ3n) is 2.73. The van der Waals surface area contributed by atoms with E-state index in [1.807, 2.05) is 6.92 Å². The monoisotopic (exact) mass is 245 g/mol. The van der Waals surface area contributed by atoms with E-state index in [0.29, 0.717) is 23.1 Å². The number of aromatic amines is 1. The lowest BCUT2D eigenvalue weighted by Gasteiger charge is -2.02. The highest BCUT2D eigenvalue weighted by molar-refractivity contribution is 5.45. The summed E-state index contributed by atoms with van der Waals surface area (Å²) in [5.74, 6) is 1.56. The van der Waals surface area contributed by atoms with E-state index in [1.54, 1.807) is 23.9 Å². The van der Waals surface area contributed by atoms with Crippen molar-refractivity contribution in [1.29, 1.82) is 0 Å². The van der Waals surface area contributed by atoms with E-state index >= 15 is 0 Å². The number of nitrogens with zero attached hydrogens (tertiary/aromatic N) is 5. The summed E-state index contributed by atoms with van der Waals surface area (Å²) < 4.78 is 2.96. The molecule has 3 rings (SSSR count). The molecule has 0 bridgehead atoms. The van der Waals surface area contributed by atoms with Crippen molar-refractivity contribution in [2.75, 3.05) is 5.73 Å². The molecule has 0 atom stereocenters. The molecule has 0 spiro atoms. The zero-order chi connectivity index (χ0) is 12.9. The molecule has 18 heavy (non-hydrogen) atoms. The molecule has 8 nitrogen and oxygen atoms in total. The van der Waals surface area contributed by atoms with E-state index in [9.17, 15) is 4.79 Å². The quantitative estimate of drug-likeness (QED) is 0.617. The molecule has 0 aromatic carbocycles. The van der Waals surface area contributed by atoms with E-state index in [4.69, 9.17) is 5.73 Å². The third-order valence-corrected chi connectivity index (χ3v) is 2.73. The van der Waals surface area contributed by atoms with Gasteiger partial charge in [-0.25, -0.2) is 24.0 Å². The number of hydrogen-bond acceptors (Lipinski definition) is 5. The summed E-state index contributed by atoms with van der Waals surface area (Å²) in [6.45, 7) is 3.59. The molecular weight excluding hydrogens is 234 g/mol. The van der Waals surface area contributed by atoms with Gasteiger partial charge < -0.3 is 5.73 Å². The predicted octanol–water partition coefficient (Wildman–Crippen LogP) is -0.198. The van der Waals surface area contributed by atoms with Crippen LogP contribution < -0.4 is 11.4 Å². The number of fused-ring (bicyclic) bond motifs is 1. The van der Waals surface area contributed by atoms with Crippen LogP contribution in [0.5, 0.6) is 0 Å². The number of rotatable bonds is 1. The van der Waals surface area contributed by atoms with Gasteiger partial charge in [-0.15, -0.1) is 5.10 Å². The lowest BCUT2D eigenvalue weighted by atomic mass is 10.4. The Hall–Kier alpha value is -2.64. The number of hydrogen-bond donors (Lipinski definition) is 2. The molecule has 0 aliphatic rings. The first-order valence-corrected chi connectivity index (χ1v) is 5.33. The average Bonchev–Trinajstić information content (AvgIpc) is 2.84. The topological polar surface area (TPSA) is 107 Å². The van der Waals surface area contributed by atoms with Crippen molar-refractivity contribution < 1.29 is 0 Å². The van der Waals surface area contributed by atoms with E-state index in [-0.39, 0.29) is 5.69 Å². The Kier molecular flexibility index (Phi) is 2.00.